The van der Waals surface area contributed by atoms with Gasteiger partial charge in [-0.2, -0.15) is 0 Å². The molecule has 1 aliphatic rings. The van der Waals surface area contributed by atoms with Crippen LogP contribution < -0.4 is 10.5 Å². The molecule has 0 heterocycles. The van der Waals surface area contributed by atoms with Gasteiger partial charge in [0.25, 0.3) is 0 Å². The van der Waals surface area contributed by atoms with Crippen LogP contribution in [0.25, 0.3) is 0 Å². The Bertz CT molecular complexity index is 352. The van der Waals surface area contributed by atoms with Crippen molar-refractivity contribution in [1.82, 2.24) is 0 Å². The van der Waals surface area contributed by atoms with Gasteiger partial charge in [-0.25, -0.2) is 0 Å². The fourth-order valence-electron chi connectivity index (χ4n) is 2.14. The van der Waals surface area contributed by atoms with Crippen molar-refractivity contribution >= 4 is 0 Å². The van der Waals surface area contributed by atoms with Gasteiger partial charge >= 0.3 is 0 Å². The first kappa shape index (κ1) is 12.4. The van der Waals surface area contributed by atoms with Crippen molar-refractivity contribution in [2.45, 2.75) is 25.7 Å². The van der Waals surface area contributed by atoms with Crippen molar-refractivity contribution in [3.05, 3.63) is 29.3 Å². The van der Waals surface area contributed by atoms with E-state index in [4.69, 9.17) is 15.2 Å². The summed E-state index contributed by atoms with van der Waals surface area (Å²) in [6.45, 7) is 2.66. The second-order valence-electron chi connectivity index (χ2n) is 4.39. The van der Waals surface area contributed by atoms with Gasteiger partial charge in [-0.1, -0.05) is 6.07 Å². The largest absolute Gasteiger partial charge is 0.491 e. The van der Waals surface area contributed by atoms with E-state index in [1.54, 1.807) is 0 Å². The lowest BCUT2D eigenvalue weighted by atomic mass is 10.1. The zero-order chi connectivity index (χ0) is 11.9. The van der Waals surface area contributed by atoms with Crippen LogP contribution in [0, 0.1) is 0 Å². The molecule has 1 aliphatic carbocycles. The molecular weight excluding hydrogens is 214 g/mol. The number of rotatable bonds is 7. The van der Waals surface area contributed by atoms with Crippen LogP contribution in [0.2, 0.25) is 0 Å². The topological polar surface area (TPSA) is 44.5 Å². The number of hydrogen-bond donors (Lipinski definition) is 1. The molecule has 3 nitrogen and oxygen atoms in total. The second kappa shape index (κ2) is 6.62. The number of hydrogen-bond acceptors (Lipinski definition) is 3. The summed E-state index contributed by atoms with van der Waals surface area (Å²) in [5.74, 6) is 0.966. The van der Waals surface area contributed by atoms with E-state index in [9.17, 15) is 0 Å². The van der Waals surface area contributed by atoms with E-state index in [0.29, 0.717) is 19.8 Å². The molecule has 0 aromatic heterocycles. The fraction of sp³-hybridized carbons (Fsp3) is 0.571. The van der Waals surface area contributed by atoms with Gasteiger partial charge in [0.05, 0.1) is 6.61 Å². The van der Waals surface area contributed by atoms with E-state index in [0.717, 1.165) is 18.8 Å². The van der Waals surface area contributed by atoms with Gasteiger partial charge in [0.2, 0.25) is 0 Å². The zero-order valence-corrected chi connectivity index (χ0v) is 10.3. The van der Waals surface area contributed by atoms with Crippen molar-refractivity contribution in [3.63, 3.8) is 0 Å². The third-order valence-corrected chi connectivity index (χ3v) is 3.06. The van der Waals surface area contributed by atoms with E-state index in [1.165, 1.54) is 30.4 Å². The molecule has 0 radical (unpaired) electrons. The Balaban J connectivity index is 1.69. The van der Waals surface area contributed by atoms with Crippen LogP contribution in [0.4, 0.5) is 0 Å². The minimum Gasteiger partial charge on any atom is -0.491 e. The van der Waals surface area contributed by atoms with Gasteiger partial charge in [0, 0.05) is 6.61 Å². The summed E-state index contributed by atoms with van der Waals surface area (Å²) in [5.41, 5.74) is 8.31. The van der Waals surface area contributed by atoms with Crippen LogP contribution in [0.3, 0.4) is 0 Å². The third-order valence-electron chi connectivity index (χ3n) is 3.06. The summed E-state index contributed by atoms with van der Waals surface area (Å²) < 4.78 is 11.0. The molecular formula is C14H21NO2. The molecule has 0 atom stereocenters. The van der Waals surface area contributed by atoms with Crippen LogP contribution >= 0.6 is 0 Å². The lowest BCUT2D eigenvalue weighted by molar-refractivity contribution is 0.0994. The highest BCUT2D eigenvalue weighted by molar-refractivity contribution is 5.38. The molecule has 0 fully saturated rings. The molecule has 17 heavy (non-hydrogen) atoms. The summed E-state index contributed by atoms with van der Waals surface area (Å²) >= 11 is 0. The van der Waals surface area contributed by atoms with Crippen molar-refractivity contribution in [3.8, 4) is 5.75 Å². The summed E-state index contributed by atoms with van der Waals surface area (Å²) in [7, 11) is 0. The average Bonchev–Trinajstić information content (AvgIpc) is 2.81. The summed E-state index contributed by atoms with van der Waals surface area (Å²) in [6, 6.07) is 6.42. The third kappa shape index (κ3) is 3.72. The summed E-state index contributed by atoms with van der Waals surface area (Å²) in [5, 5.41) is 0. The van der Waals surface area contributed by atoms with Crippen LogP contribution in [0.5, 0.6) is 5.75 Å². The molecule has 0 saturated carbocycles. The Labute approximate surface area is 103 Å². The number of fused-ring (bicyclic) bond motifs is 1. The molecule has 0 unspecified atom stereocenters. The molecule has 3 heteroatoms. The minimum absolute atomic E-state index is 0.614. The molecule has 94 valence electrons. The maximum atomic E-state index is 5.66. The molecule has 0 bridgehead atoms. The van der Waals surface area contributed by atoms with E-state index in [1.807, 2.05) is 0 Å². The molecule has 0 aliphatic heterocycles. The highest BCUT2D eigenvalue weighted by atomic mass is 16.5. The number of ether oxygens (including phenoxy) is 2. The van der Waals surface area contributed by atoms with Crippen LogP contribution in [0.15, 0.2) is 18.2 Å². The van der Waals surface area contributed by atoms with E-state index in [2.05, 4.69) is 18.2 Å². The lowest BCUT2D eigenvalue weighted by Gasteiger charge is -2.08. The van der Waals surface area contributed by atoms with E-state index in [-0.39, 0.29) is 0 Å². The maximum absolute atomic E-state index is 5.66. The normalized spacial score (nSPS) is 13.7. The maximum Gasteiger partial charge on any atom is 0.119 e. The monoisotopic (exact) mass is 235 g/mol. The molecule has 0 spiro atoms. The minimum atomic E-state index is 0.614. The van der Waals surface area contributed by atoms with Crippen molar-refractivity contribution in [2.24, 2.45) is 5.73 Å². The van der Waals surface area contributed by atoms with Crippen molar-refractivity contribution in [1.29, 1.82) is 0 Å². The number of aryl methyl sites for hydroxylation is 2. The Morgan fingerprint density at radius 2 is 1.94 bits per heavy atom. The SMILES string of the molecule is NCCCOCCOc1ccc2c(c1)CCC2. The van der Waals surface area contributed by atoms with Gasteiger partial charge in [-0.3, -0.25) is 0 Å². The van der Waals surface area contributed by atoms with Gasteiger partial charge < -0.3 is 15.2 Å². The van der Waals surface area contributed by atoms with Gasteiger partial charge in [0.15, 0.2) is 0 Å². The average molecular weight is 235 g/mol. The highest BCUT2D eigenvalue weighted by Gasteiger charge is 2.10. The molecule has 0 amide bonds. The zero-order valence-electron chi connectivity index (χ0n) is 10.3. The molecule has 1 aromatic rings. The van der Waals surface area contributed by atoms with Gasteiger partial charge in [-0.05, 0) is 55.5 Å². The predicted octanol–water partition coefficient (Wildman–Crippen LogP) is 1.92. The first-order valence-electron chi connectivity index (χ1n) is 6.42. The first-order chi connectivity index (χ1) is 8.40. The van der Waals surface area contributed by atoms with E-state index < -0.39 is 0 Å². The summed E-state index contributed by atoms with van der Waals surface area (Å²) in [6.07, 6.45) is 4.61. The Hall–Kier alpha value is -1.06. The smallest absolute Gasteiger partial charge is 0.119 e. The molecule has 0 saturated heterocycles. The van der Waals surface area contributed by atoms with Crippen molar-refractivity contribution in [2.75, 3.05) is 26.4 Å². The summed E-state index contributed by atoms with van der Waals surface area (Å²) in [4.78, 5) is 0. The molecule has 2 rings (SSSR count). The Morgan fingerprint density at radius 1 is 1.06 bits per heavy atom. The van der Waals surface area contributed by atoms with Crippen LogP contribution in [-0.2, 0) is 17.6 Å². The van der Waals surface area contributed by atoms with Crippen LogP contribution in [0.1, 0.15) is 24.0 Å². The Kier molecular flexibility index (Phi) is 4.83. The van der Waals surface area contributed by atoms with Gasteiger partial charge in [0.1, 0.15) is 12.4 Å². The lowest BCUT2D eigenvalue weighted by Crippen LogP contribution is -2.10. The second-order valence-corrected chi connectivity index (χ2v) is 4.39. The quantitative estimate of drug-likeness (QED) is 0.734. The number of nitrogens with two attached hydrogens (primary N) is 1. The van der Waals surface area contributed by atoms with Crippen LogP contribution in [-0.4, -0.2) is 26.4 Å². The van der Waals surface area contributed by atoms with Gasteiger partial charge in [-0.15, -0.1) is 0 Å². The fourth-order valence-corrected chi connectivity index (χ4v) is 2.14. The Morgan fingerprint density at radius 3 is 2.82 bits per heavy atom. The standard InChI is InChI=1S/C14H21NO2/c15-7-2-8-16-9-10-17-14-6-5-12-3-1-4-13(12)11-14/h5-6,11H,1-4,7-10,15H2. The highest BCUT2D eigenvalue weighted by Crippen LogP contribution is 2.25. The molecule has 1 aromatic carbocycles. The molecule has 2 N–H and O–H groups in total. The first-order valence-corrected chi connectivity index (χ1v) is 6.42. The van der Waals surface area contributed by atoms with E-state index >= 15 is 0 Å². The van der Waals surface area contributed by atoms with Crippen molar-refractivity contribution < 1.29 is 9.47 Å². The predicted molar refractivity (Wildman–Crippen MR) is 68.5 cm³/mol. The number of benzene rings is 1.